The van der Waals surface area contributed by atoms with Crippen LogP contribution in [-0.4, -0.2) is 34.7 Å². The van der Waals surface area contributed by atoms with E-state index in [0.717, 1.165) is 11.1 Å². The van der Waals surface area contributed by atoms with Crippen LogP contribution >= 0.6 is 0 Å². The number of pyridine rings is 1. The van der Waals surface area contributed by atoms with Crippen LogP contribution in [0.2, 0.25) is 0 Å². The first-order chi connectivity index (χ1) is 12.2. The number of amides is 3. The van der Waals surface area contributed by atoms with Gasteiger partial charge in [0.25, 0.3) is 0 Å². The molecule has 26 heavy (non-hydrogen) atoms. The molecule has 1 unspecified atom stereocenters. The predicted molar refractivity (Wildman–Crippen MR) is 99.2 cm³/mol. The van der Waals surface area contributed by atoms with Crippen LogP contribution in [0.15, 0.2) is 42.6 Å². The highest BCUT2D eigenvalue weighted by Crippen LogP contribution is 2.36. The molecule has 7 nitrogen and oxygen atoms in total. The van der Waals surface area contributed by atoms with Crippen LogP contribution < -0.4 is 10.6 Å². The van der Waals surface area contributed by atoms with Gasteiger partial charge in [0.05, 0.1) is 6.04 Å². The molecular formula is C19H22N4O3. The van der Waals surface area contributed by atoms with E-state index >= 15 is 0 Å². The summed E-state index contributed by atoms with van der Waals surface area (Å²) in [7, 11) is 1.73. The molecule has 2 N–H and O–H groups in total. The number of fused-ring (bicyclic) bond motifs is 1. The normalized spacial score (nSPS) is 16.5. The van der Waals surface area contributed by atoms with Gasteiger partial charge in [0, 0.05) is 24.5 Å². The minimum atomic E-state index is -0.575. The number of hydrogen-bond acceptors (Lipinski definition) is 4. The van der Waals surface area contributed by atoms with Crippen molar-refractivity contribution < 1.29 is 14.3 Å². The van der Waals surface area contributed by atoms with Crippen molar-refractivity contribution in [3.8, 4) is 0 Å². The van der Waals surface area contributed by atoms with E-state index in [9.17, 15) is 9.59 Å². The molecular weight excluding hydrogens is 332 g/mol. The minimum absolute atomic E-state index is 0.230. The Balaban J connectivity index is 1.90. The van der Waals surface area contributed by atoms with Crippen molar-refractivity contribution in [2.75, 3.05) is 17.7 Å². The molecule has 1 aromatic carbocycles. The van der Waals surface area contributed by atoms with Crippen molar-refractivity contribution in [3.63, 3.8) is 0 Å². The topological polar surface area (TPSA) is 83.6 Å². The van der Waals surface area contributed by atoms with E-state index < -0.39 is 11.7 Å². The van der Waals surface area contributed by atoms with Crippen LogP contribution in [0.4, 0.5) is 21.1 Å². The highest BCUT2D eigenvalue weighted by molar-refractivity contribution is 5.92. The van der Waals surface area contributed by atoms with Gasteiger partial charge in [-0.15, -0.1) is 0 Å². The molecule has 1 aliphatic heterocycles. The number of ether oxygens (including phenoxy) is 1. The molecule has 0 radical (unpaired) electrons. The number of aromatic nitrogens is 1. The summed E-state index contributed by atoms with van der Waals surface area (Å²) >= 11 is 0. The Hall–Kier alpha value is -3.09. The fourth-order valence-electron chi connectivity index (χ4n) is 2.87. The molecule has 0 fully saturated rings. The largest absolute Gasteiger partial charge is 0.444 e. The fraction of sp³-hybridized carbons (Fsp3) is 0.316. The van der Waals surface area contributed by atoms with Gasteiger partial charge in [-0.1, -0.05) is 18.2 Å². The van der Waals surface area contributed by atoms with Gasteiger partial charge < -0.3 is 9.64 Å². The lowest BCUT2D eigenvalue weighted by atomic mass is 9.96. The number of nitrogens with zero attached hydrogens (tertiary/aromatic N) is 2. The predicted octanol–water partition coefficient (Wildman–Crippen LogP) is 4.00. The first-order valence-corrected chi connectivity index (χ1v) is 8.33. The average molecular weight is 354 g/mol. The molecule has 0 aliphatic carbocycles. The summed E-state index contributed by atoms with van der Waals surface area (Å²) in [6.45, 7) is 5.42. The zero-order valence-corrected chi connectivity index (χ0v) is 15.2. The van der Waals surface area contributed by atoms with Crippen LogP contribution in [0.3, 0.4) is 0 Å². The SMILES string of the molecule is CN1C(=O)Nc2ncccc2C1c1cccc(NC(=O)OC(C)(C)C)c1. The zero-order chi connectivity index (χ0) is 18.9. The van der Waals surface area contributed by atoms with Gasteiger partial charge >= 0.3 is 12.1 Å². The van der Waals surface area contributed by atoms with E-state index in [-0.39, 0.29) is 12.1 Å². The van der Waals surface area contributed by atoms with Gasteiger partial charge in [-0.2, -0.15) is 0 Å². The number of rotatable bonds is 2. The lowest BCUT2D eigenvalue weighted by molar-refractivity contribution is 0.0636. The molecule has 3 amide bonds. The van der Waals surface area contributed by atoms with Crippen molar-refractivity contribution in [2.24, 2.45) is 0 Å². The molecule has 0 bridgehead atoms. The Morgan fingerprint density at radius 2 is 2.04 bits per heavy atom. The lowest BCUT2D eigenvalue weighted by Crippen LogP contribution is -2.40. The van der Waals surface area contributed by atoms with E-state index in [4.69, 9.17) is 4.74 Å². The molecule has 2 aromatic rings. The highest BCUT2D eigenvalue weighted by atomic mass is 16.6. The van der Waals surface area contributed by atoms with Gasteiger partial charge in [0.15, 0.2) is 0 Å². The van der Waals surface area contributed by atoms with Crippen molar-refractivity contribution in [3.05, 3.63) is 53.7 Å². The molecule has 2 heterocycles. The second-order valence-electron chi connectivity index (χ2n) is 7.14. The summed E-state index contributed by atoms with van der Waals surface area (Å²) in [5.74, 6) is 0.547. The highest BCUT2D eigenvalue weighted by Gasteiger charge is 2.31. The monoisotopic (exact) mass is 354 g/mol. The summed E-state index contributed by atoms with van der Waals surface area (Å²) < 4.78 is 5.29. The summed E-state index contributed by atoms with van der Waals surface area (Å²) in [5, 5.41) is 5.50. The Kier molecular flexibility index (Phi) is 4.54. The van der Waals surface area contributed by atoms with E-state index in [0.29, 0.717) is 11.5 Å². The Morgan fingerprint density at radius 1 is 1.27 bits per heavy atom. The van der Waals surface area contributed by atoms with E-state index in [2.05, 4.69) is 15.6 Å². The first-order valence-electron chi connectivity index (χ1n) is 8.33. The van der Waals surface area contributed by atoms with E-state index in [1.165, 1.54) is 0 Å². The quantitative estimate of drug-likeness (QED) is 0.854. The van der Waals surface area contributed by atoms with Crippen LogP contribution in [0, 0.1) is 0 Å². The molecule has 1 atom stereocenters. The fourth-order valence-corrected chi connectivity index (χ4v) is 2.87. The standard InChI is InChI=1S/C19H22N4O3/c1-19(2,3)26-18(25)21-13-8-5-7-12(11-13)15-14-9-6-10-20-16(14)22-17(24)23(15)4/h5-11,15H,1-4H3,(H,21,25)(H,20,22,24). The third-order valence-electron chi connectivity index (χ3n) is 3.91. The van der Waals surface area contributed by atoms with E-state index in [1.807, 2.05) is 51.1 Å². The number of benzene rings is 1. The molecule has 1 aliphatic rings. The van der Waals surface area contributed by atoms with Crippen molar-refractivity contribution in [2.45, 2.75) is 32.4 Å². The average Bonchev–Trinajstić information content (AvgIpc) is 2.54. The Morgan fingerprint density at radius 3 is 2.77 bits per heavy atom. The number of anilines is 2. The maximum absolute atomic E-state index is 12.2. The summed E-state index contributed by atoms with van der Waals surface area (Å²) in [6, 6.07) is 10.6. The summed E-state index contributed by atoms with van der Waals surface area (Å²) in [5.41, 5.74) is 1.78. The van der Waals surface area contributed by atoms with Crippen LogP contribution in [0.1, 0.15) is 37.9 Å². The second kappa shape index (κ2) is 6.67. The van der Waals surface area contributed by atoms with Crippen LogP contribution in [0.5, 0.6) is 0 Å². The summed E-state index contributed by atoms with van der Waals surface area (Å²) in [6.07, 6.45) is 1.12. The van der Waals surface area contributed by atoms with Crippen molar-refractivity contribution in [1.82, 2.24) is 9.88 Å². The number of nitrogens with one attached hydrogen (secondary N) is 2. The zero-order valence-electron chi connectivity index (χ0n) is 15.2. The smallest absolute Gasteiger partial charge is 0.412 e. The van der Waals surface area contributed by atoms with Crippen LogP contribution in [-0.2, 0) is 4.74 Å². The van der Waals surface area contributed by atoms with Crippen molar-refractivity contribution in [1.29, 1.82) is 0 Å². The third-order valence-corrected chi connectivity index (χ3v) is 3.91. The molecule has 0 spiro atoms. The second-order valence-corrected chi connectivity index (χ2v) is 7.14. The van der Waals surface area contributed by atoms with Gasteiger partial charge in [-0.3, -0.25) is 10.6 Å². The molecule has 1 aromatic heterocycles. The van der Waals surface area contributed by atoms with Crippen LogP contribution in [0.25, 0.3) is 0 Å². The summed E-state index contributed by atoms with van der Waals surface area (Å²) in [4.78, 5) is 30.1. The van der Waals surface area contributed by atoms with Crippen molar-refractivity contribution >= 4 is 23.6 Å². The first kappa shape index (κ1) is 17.7. The minimum Gasteiger partial charge on any atom is -0.444 e. The van der Waals surface area contributed by atoms with E-state index in [1.54, 1.807) is 24.2 Å². The lowest BCUT2D eigenvalue weighted by Gasteiger charge is -2.34. The number of carbonyl (C=O) groups is 2. The third kappa shape index (κ3) is 3.77. The molecule has 3 rings (SSSR count). The molecule has 0 saturated carbocycles. The Labute approximate surface area is 152 Å². The number of hydrogen-bond donors (Lipinski definition) is 2. The maximum Gasteiger partial charge on any atom is 0.412 e. The molecule has 136 valence electrons. The number of urea groups is 1. The maximum atomic E-state index is 12.2. The molecule has 0 saturated heterocycles. The van der Waals surface area contributed by atoms with Gasteiger partial charge in [-0.25, -0.2) is 14.6 Å². The number of carbonyl (C=O) groups excluding carboxylic acids is 2. The van der Waals surface area contributed by atoms with Gasteiger partial charge in [0.1, 0.15) is 11.4 Å². The molecule has 7 heteroatoms. The van der Waals surface area contributed by atoms with Gasteiger partial charge in [0.2, 0.25) is 0 Å². The van der Waals surface area contributed by atoms with Gasteiger partial charge in [-0.05, 0) is 44.5 Å². The Bertz CT molecular complexity index is 845.